The quantitative estimate of drug-likeness (QED) is 0.188. The number of ether oxygens (including phenoxy) is 3. The zero-order valence-corrected chi connectivity index (χ0v) is 20.5. The van der Waals surface area contributed by atoms with E-state index in [1.165, 1.54) is 54.6 Å². The Morgan fingerprint density at radius 3 is 0.944 bits per heavy atom. The van der Waals surface area contributed by atoms with E-state index in [1.54, 1.807) is 36.4 Å². The van der Waals surface area contributed by atoms with Gasteiger partial charge < -0.3 is 14.2 Å². The predicted molar refractivity (Wildman–Crippen MR) is 136 cm³/mol. The zero-order chi connectivity index (χ0) is 25.7. The lowest BCUT2D eigenvalue weighted by molar-refractivity contribution is 0.0731. The normalized spacial score (nSPS) is 10.4. The first-order valence-corrected chi connectivity index (χ1v) is 11.5. The van der Waals surface area contributed by atoms with Crippen LogP contribution < -0.4 is 14.2 Å². The molecular formula is C27H15Cl3O6. The van der Waals surface area contributed by atoms with Crippen LogP contribution in [0.1, 0.15) is 31.1 Å². The first-order valence-electron chi connectivity index (χ1n) is 10.4. The lowest BCUT2D eigenvalue weighted by atomic mass is 10.2. The molecule has 0 aliphatic heterocycles. The van der Waals surface area contributed by atoms with Crippen molar-refractivity contribution in [1.29, 1.82) is 0 Å². The topological polar surface area (TPSA) is 78.9 Å². The summed E-state index contributed by atoms with van der Waals surface area (Å²) in [6.07, 6.45) is 0. The van der Waals surface area contributed by atoms with Crippen LogP contribution >= 0.6 is 34.8 Å². The van der Waals surface area contributed by atoms with Crippen LogP contribution in [0.15, 0.2) is 91.0 Å². The second-order valence-electron chi connectivity index (χ2n) is 7.25. The van der Waals surface area contributed by atoms with Crippen molar-refractivity contribution >= 4 is 52.7 Å². The molecule has 6 nitrogen and oxygen atoms in total. The van der Waals surface area contributed by atoms with Crippen molar-refractivity contribution in [3.63, 3.8) is 0 Å². The molecule has 0 saturated carbocycles. The van der Waals surface area contributed by atoms with Crippen LogP contribution in [0.25, 0.3) is 0 Å². The number of hydrogen-bond acceptors (Lipinski definition) is 6. The molecule has 180 valence electrons. The molecule has 0 bridgehead atoms. The van der Waals surface area contributed by atoms with E-state index in [9.17, 15) is 14.4 Å². The van der Waals surface area contributed by atoms with Gasteiger partial charge in [-0.1, -0.05) is 71.2 Å². The Labute approximate surface area is 220 Å². The molecular weight excluding hydrogens is 527 g/mol. The molecule has 0 saturated heterocycles. The van der Waals surface area contributed by atoms with Gasteiger partial charge in [-0.25, -0.2) is 14.4 Å². The molecule has 0 aliphatic carbocycles. The van der Waals surface area contributed by atoms with Gasteiger partial charge in [0.15, 0.2) is 0 Å². The molecule has 0 atom stereocenters. The highest BCUT2D eigenvalue weighted by Crippen LogP contribution is 2.31. The van der Waals surface area contributed by atoms with Crippen molar-refractivity contribution in [2.75, 3.05) is 0 Å². The van der Waals surface area contributed by atoms with E-state index in [4.69, 9.17) is 49.0 Å². The van der Waals surface area contributed by atoms with E-state index < -0.39 is 17.9 Å². The smallest absolute Gasteiger partial charge is 0.345 e. The van der Waals surface area contributed by atoms with E-state index in [0.717, 1.165) is 0 Å². The van der Waals surface area contributed by atoms with E-state index in [-0.39, 0.29) is 49.0 Å². The average molecular weight is 542 g/mol. The molecule has 36 heavy (non-hydrogen) atoms. The fraction of sp³-hybridized carbons (Fsp3) is 0. The summed E-state index contributed by atoms with van der Waals surface area (Å²) in [7, 11) is 0. The van der Waals surface area contributed by atoms with Gasteiger partial charge in [0.1, 0.15) is 17.2 Å². The zero-order valence-electron chi connectivity index (χ0n) is 18.2. The third-order valence-corrected chi connectivity index (χ3v) is 5.76. The Morgan fingerprint density at radius 1 is 0.444 bits per heavy atom. The fourth-order valence-electron chi connectivity index (χ4n) is 3.09. The van der Waals surface area contributed by atoms with Crippen LogP contribution in [0, 0.1) is 0 Å². The van der Waals surface area contributed by atoms with Crippen molar-refractivity contribution in [2.24, 2.45) is 0 Å². The summed E-state index contributed by atoms with van der Waals surface area (Å²) in [5.74, 6) is -2.49. The second kappa shape index (κ2) is 11.3. The van der Waals surface area contributed by atoms with Gasteiger partial charge in [-0.2, -0.15) is 0 Å². The summed E-state index contributed by atoms with van der Waals surface area (Å²) in [6.45, 7) is 0. The summed E-state index contributed by atoms with van der Waals surface area (Å²) in [5, 5.41) is 0.567. The highest BCUT2D eigenvalue weighted by molar-refractivity contribution is 6.34. The maximum Gasteiger partial charge on any atom is 0.345 e. The summed E-state index contributed by atoms with van der Waals surface area (Å²) in [4.78, 5) is 38.0. The van der Waals surface area contributed by atoms with Gasteiger partial charge in [0.2, 0.25) is 0 Å². The molecule has 4 aromatic rings. The average Bonchev–Trinajstić information content (AvgIpc) is 2.84. The molecule has 0 spiro atoms. The fourth-order valence-corrected chi connectivity index (χ4v) is 3.73. The van der Waals surface area contributed by atoms with Crippen molar-refractivity contribution < 1.29 is 28.6 Å². The van der Waals surface area contributed by atoms with Gasteiger partial charge in [0.25, 0.3) is 0 Å². The van der Waals surface area contributed by atoms with Gasteiger partial charge in [-0.3, -0.25) is 0 Å². The minimum absolute atomic E-state index is 0.0636. The monoisotopic (exact) mass is 540 g/mol. The number of rotatable bonds is 6. The Balaban J connectivity index is 1.65. The van der Waals surface area contributed by atoms with Crippen LogP contribution in [0.2, 0.25) is 15.1 Å². The van der Waals surface area contributed by atoms with Crippen molar-refractivity contribution in [1.82, 2.24) is 0 Å². The third-order valence-electron chi connectivity index (χ3n) is 4.77. The Bertz CT molecular complexity index is 1280. The molecule has 0 N–H and O–H groups in total. The molecule has 0 radical (unpaired) electrons. The van der Waals surface area contributed by atoms with Gasteiger partial charge in [0.05, 0.1) is 31.8 Å². The minimum atomic E-state index is -0.765. The van der Waals surface area contributed by atoms with Crippen LogP contribution in [0.3, 0.4) is 0 Å². The van der Waals surface area contributed by atoms with Crippen molar-refractivity contribution in [3.05, 3.63) is 123 Å². The van der Waals surface area contributed by atoms with Crippen LogP contribution in [-0.4, -0.2) is 17.9 Å². The van der Waals surface area contributed by atoms with Crippen LogP contribution in [0.4, 0.5) is 0 Å². The summed E-state index contributed by atoms with van der Waals surface area (Å²) < 4.78 is 16.3. The highest BCUT2D eigenvalue weighted by Gasteiger charge is 2.19. The molecule has 4 rings (SSSR count). The number of halogens is 3. The highest BCUT2D eigenvalue weighted by atomic mass is 35.5. The van der Waals surface area contributed by atoms with Crippen molar-refractivity contribution in [3.8, 4) is 17.2 Å². The van der Waals surface area contributed by atoms with E-state index in [0.29, 0.717) is 0 Å². The van der Waals surface area contributed by atoms with E-state index >= 15 is 0 Å². The maximum absolute atomic E-state index is 12.7. The Kier molecular flexibility index (Phi) is 7.90. The lowest BCUT2D eigenvalue weighted by Crippen LogP contribution is -2.13. The molecule has 0 unspecified atom stereocenters. The largest absolute Gasteiger partial charge is 0.423 e. The number of carbonyl (C=O) groups is 3. The minimum Gasteiger partial charge on any atom is -0.423 e. The van der Waals surface area contributed by atoms with E-state index in [2.05, 4.69) is 0 Å². The summed E-state index contributed by atoms with van der Waals surface area (Å²) in [5.41, 5.74) is 0.353. The van der Waals surface area contributed by atoms with Crippen molar-refractivity contribution in [2.45, 2.75) is 0 Å². The molecule has 4 aromatic carbocycles. The van der Waals surface area contributed by atoms with E-state index in [1.807, 2.05) is 0 Å². The van der Waals surface area contributed by atoms with Crippen LogP contribution in [-0.2, 0) is 0 Å². The molecule has 0 aliphatic rings. The predicted octanol–water partition coefficient (Wildman–Crippen LogP) is 7.30. The number of hydrogen-bond donors (Lipinski definition) is 0. The van der Waals surface area contributed by atoms with Gasteiger partial charge in [-0.05, 0) is 36.4 Å². The third kappa shape index (κ3) is 6.04. The lowest BCUT2D eigenvalue weighted by Gasteiger charge is -2.12. The molecule has 0 amide bonds. The summed E-state index contributed by atoms with van der Waals surface area (Å²) in [6, 6.07) is 22.8. The van der Waals surface area contributed by atoms with Gasteiger partial charge in [-0.15, -0.1) is 0 Å². The van der Waals surface area contributed by atoms with Crippen LogP contribution in [0.5, 0.6) is 17.2 Å². The molecule has 9 heteroatoms. The molecule has 0 heterocycles. The SMILES string of the molecule is O=C(Oc1cc(OC(=O)c2ccccc2Cl)cc(OC(=O)c2ccccc2Cl)c1)c1ccccc1Cl. The molecule has 0 aromatic heterocycles. The first-order chi connectivity index (χ1) is 17.3. The number of benzene rings is 4. The maximum atomic E-state index is 12.7. The standard InChI is InChI=1S/C27H15Cl3O6/c28-22-10-4-1-7-19(22)25(31)34-16-13-17(35-26(32)20-8-2-5-11-23(20)29)15-18(14-16)36-27(33)21-9-3-6-12-24(21)30/h1-15H. The Morgan fingerprint density at radius 2 is 0.694 bits per heavy atom. The van der Waals surface area contributed by atoms with Gasteiger partial charge in [0, 0.05) is 18.2 Å². The first kappa shape index (κ1) is 25.3. The second-order valence-corrected chi connectivity index (χ2v) is 8.47. The number of esters is 3. The Hall–Kier alpha value is -3.84. The number of carbonyl (C=O) groups excluding carboxylic acids is 3. The summed E-state index contributed by atoms with van der Waals surface area (Å²) >= 11 is 18.3. The molecule has 0 fully saturated rings. The van der Waals surface area contributed by atoms with Gasteiger partial charge >= 0.3 is 17.9 Å².